The van der Waals surface area contributed by atoms with Crippen LogP contribution in [0.3, 0.4) is 0 Å². The van der Waals surface area contributed by atoms with Crippen LogP contribution in [-0.4, -0.2) is 39.8 Å². The molecule has 8 nitrogen and oxygen atoms in total. The van der Waals surface area contributed by atoms with Gasteiger partial charge in [0.1, 0.15) is 12.4 Å². The molecular formula is C17H18N6O2. The van der Waals surface area contributed by atoms with Crippen molar-refractivity contribution in [1.82, 2.24) is 19.5 Å². The highest BCUT2D eigenvalue weighted by molar-refractivity contribution is 5.63. The fourth-order valence-electron chi connectivity index (χ4n) is 2.64. The molecule has 0 saturated carbocycles. The first kappa shape index (κ1) is 15.3. The zero-order valence-electron chi connectivity index (χ0n) is 14.0. The summed E-state index contributed by atoms with van der Waals surface area (Å²) in [6.45, 7) is 3.30. The summed E-state index contributed by atoms with van der Waals surface area (Å²) in [7, 11) is 1.64. The minimum Gasteiger partial charge on any atom is -0.494 e. The third kappa shape index (κ3) is 3.06. The highest BCUT2D eigenvalue weighted by Crippen LogP contribution is 2.29. The van der Waals surface area contributed by atoms with E-state index in [2.05, 4.69) is 25.6 Å². The second kappa shape index (κ2) is 6.31. The highest BCUT2D eigenvalue weighted by atomic mass is 16.5. The lowest BCUT2D eigenvalue weighted by molar-refractivity contribution is 0.320. The van der Waals surface area contributed by atoms with Gasteiger partial charge in [-0.2, -0.15) is 4.98 Å². The summed E-state index contributed by atoms with van der Waals surface area (Å²) in [5.74, 6) is 2.58. The van der Waals surface area contributed by atoms with Gasteiger partial charge in [0, 0.05) is 18.0 Å². The van der Waals surface area contributed by atoms with Crippen molar-refractivity contribution in [1.29, 1.82) is 0 Å². The van der Waals surface area contributed by atoms with Gasteiger partial charge in [-0.3, -0.25) is 0 Å². The first-order chi connectivity index (χ1) is 12.2. The molecule has 25 heavy (non-hydrogen) atoms. The number of benzene rings is 1. The average molecular weight is 338 g/mol. The van der Waals surface area contributed by atoms with Gasteiger partial charge in [-0.05, 0) is 19.1 Å². The number of nitrogens with zero attached hydrogens (tertiary/aromatic N) is 4. The van der Waals surface area contributed by atoms with E-state index < -0.39 is 0 Å². The van der Waals surface area contributed by atoms with Crippen molar-refractivity contribution in [2.45, 2.75) is 6.92 Å². The molecule has 0 saturated heterocycles. The molecule has 8 heteroatoms. The number of methoxy groups -OCH3 is 1. The lowest BCUT2D eigenvalue weighted by Gasteiger charge is -2.18. The zero-order chi connectivity index (χ0) is 17.2. The summed E-state index contributed by atoms with van der Waals surface area (Å²) in [6, 6.07) is 5.80. The Kier molecular flexibility index (Phi) is 3.85. The van der Waals surface area contributed by atoms with Crippen LogP contribution < -0.4 is 20.1 Å². The molecule has 128 valence electrons. The number of nitrogens with one attached hydrogen (secondary N) is 2. The van der Waals surface area contributed by atoms with Crippen LogP contribution in [0.4, 0.5) is 17.5 Å². The van der Waals surface area contributed by atoms with E-state index in [1.54, 1.807) is 19.6 Å². The number of rotatable bonds is 4. The molecule has 1 aromatic carbocycles. The van der Waals surface area contributed by atoms with Gasteiger partial charge in [-0.1, -0.05) is 0 Å². The standard InChI is InChI=1S/C17H18N6O2/c1-11-9-23(10-20-11)13-4-3-12(7-14(13)24-2)21-17-19-8-15-16(22-17)18-5-6-25-15/h3-4,7-10H,5-6H2,1-2H3,(H2,18,19,21,22). The van der Waals surface area contributed by atoms with Gasteiger partial charge in [0.2, 0.25) is 5.95 Å². The Bertz CT molecular complexity index is 908. The van der Waals surface area contributed by atoms with Crippen LogP contribution in [0.2, 0.25) is 0 Å². The smallest absolute Gasteiger partial charge is 0.229 e. The van der Waals surface area contributed by atoms with Gasteiger partial charge in [-0.15, -0.1) is 0 Å². The van der Waals surface area contributed by atoms with Gasteiger partial charge in [-0.25, -0.2) is 9.97 Å². The van der Waals surface area contributed by atoms with Crippen LogP contribution in [0, 0.1) is 6.92 Å². The van der Waals surface area contributed by atoms with Crippen molar-refractivity contribution >= 4 is 17.5 Å². The molecule has 3 aromatic rings. The Balaban J connectivity index is 1.61. The lowest BCUT2D eigenvalue weighted by Crippen LogP contribution is -2.19. The number of anilines is 3. The normalized spacial score (nSPS) is 12.7. The molecule has 3 heterocycles. The second-order valence-electron chi connectivity index (χ2n) is 5.62. The first-order valence-electron chi connectivity index (χ1n) is 7.92. The molecule has 1 aliphatic heterocycles. The van der Waals surface area contributed by atoms with E-state index in [4.69, 9.17) is 9.47 Å². The van der Waals surface area contributed by atoms with Gasteiger partial charge < -0.3 is 24.7 Å². The molecule has 2 N–H and O–H groups in total. The molecule has 0 atom stereocenters. The quantitative estimate of drug-likeness (QED) is 0.756. The van der Waals surface area contributed by atoms with Gasteiger partial charge in [0.25, 0.3) is 0 Å². The molecule has 0 fully saturated rings. The molecule has 0 aliphatic carbocycles. The Morgan fingerprint density at radius 3 is 3.04 bits per heavy atom. The maximum Gasteiger partial charge on any atom is 0.229 e. The molecule has 0 bridgehead atoms. The predicted octanol–water partition coefficient (Wildman–Crippen LogP) is 2.53. The number of ether oxygens (including phenoxy) is 2. The van der Waals surface area contributed by atoms with E-state index in [1.165, 1.54) is 0 Å². The van der Waals surface area contributed by atoms with E-state index >= 15 is 0 Å². The maximum absolute atomic E-state index is 5.52. The fraction of sp³-hybridized carbons (Fsp3) is 0.235. The number of aromatic nitrogens is 4. The molecule has 1 aliphatic rings. The minimum atomic E-state index is 0.491. The van der Waals surface area contributed by atoms with E-state index in [9.17, 15) is 0 Å². The summed E-state index contributed by atoms with van der Waals surface area (Å²) in [5.41, 5.74) is 2.69. The summed E-state index contributed by atoms with van der Waals surface area (Å²) >= 11 is 0. The van der Waals surface area contributed by atoms with Crippen molar-refractivity contribution in [3.05, 3.63) is 42.6 Å². The van der Waals surface area contributed by atoms with Crippen LogP contribution in [0.25, 0.3) is 5.69 Å². The Morgan fingerprint density at radius 2 is 2.24 bits per heavy atom. The first-order valence-corrected chi connectivity index (χ1v) is 7.92. The Morgan fingerprint density at radius 1 is 1.32 bits per heavy atom. The maximum atomic E-state index is 5.52. The SMILES string of the molecule is COc1cc(Nc2ncc3c(n2)NCCO3)ccc1-n1cnc(C)c1. The van der Waals surface area contributed by atoms with Crippen molar-refractivity contribution in [3.8, 4) is 17.2 Å². The van der Waals surface area contributed by atoms with E-state index in [1.807, 2.05) is 35.9 Å². The molecule has 0 amide bonds. The molecule has 0 radical (unpaired) electrons. The summed E-state index contributed by atoms with van der Waals surface area (Å²) in [4.78, 5) is 13.0. The largest absolute Gasteiger partial charge is 0.494 e. The van der Waals surface area contributed by atoms with Crippen molar-refractivity contribution in [2.75, 3.05) is 30.9 Å². The fourth-order valence-corrected chi connectivity index (χ4v) is 2.64. The minimum absolute atomic E-state index is 0.491. The summed E-state index contributed by atoms with van der Waals surface area (Å²) < 4.78 is 12.9. The highest BCUT2D eigenvalue weighted by Gasteiger charge is 2.13. The van der Waals surface area contributed by atoms with Gasteiger partial charge >= 0.3 is 0 Å². The topological polar surface area (TPSA) is 86.1 Å². The van der Waals surface area contributed by atoms with Gasteiger partial charge in [0.15, 0.2) is 11.6 Å². The summed E-state index contributed by atoms with van der Waals surface area (Å²) in [6.07, 6.45) is 5.37. The van der Waals surface area contributed by atoms with Crippen molar-refractivity contribution in [2.24, 2.45) is 0 Å². The van der Waals surface area contributed by atoms with E-state index in [0.717, 1.165) is 29.4 Å². The zero-order valence-corrected chi connectivity index (χ0v) is 14.0. The molecule has 2 aromatic heterocycles. The Labute approximate surface area is 144 Å². The number of fused-ring (bicyclic) bond motifs is 1. The number of aryl methyl sites for hydroxylation is 1. The molecule has 0 spiro atoms. The lowest BCUT2D eigenvalue weighted by atomic mass is 10.2. The second-order valence-corrected chi connectivity index (χ2v) is 5.62. The van der Waals surface area contributed by atoms with Crippen LogP contribution in [0.5, 0.6) is 11.5 Å². The van der Waals surface area contributed by atoms with E-state index in [0.29, 0.717) is 24.1 Å². The summed E-state index contributed by atoms with van der Waals surface area (Å²) in [5, 5.41) is 6.38. The third-order valence-corrected chi connectivity index (χ3v) is 3.83. The van der Waals surface area contributed by atoms with Crippen molar-refractivity contribution in [3.63, 3.8) is 0 Å². The monoisotopic (exact) mass is 338 g/mol. The van der Waals surface area contributed by atoms with Crippen LogP contribution >= 0.6 is 0 Å². The van der Waals surface area contributed by atoms with Crippen LogP contribution in [0.1, 0.15) is 5.69 Å². The number of hydrogen-bond acceptors (Lipinski definition) is 7. The Hall–Kier alpha value is -3.29. The molecule has 4 rings (SSSR count). The number of hydrogen-bond donors (Lipinski definition) is 2. The predicted molar refractivity (Wildman–Crippen MR) is 94.2 cm³/mol. The van der Waals surface area contributed by atoms with Crippen molar-refractivity contribution < 1.29 is 9.47 Å². The van der Waals surface area contributed by atoms with Crippen LogP contribution in [0.15, 0.2) is 36.9 Å². The molecule has 0 unspecified atom stereocenters. The van der Waals surface area contributed by atoms with Gasteiger partial charge in [0.05, 0.1) is 37.6 Å². The average Bonchev–Trinajstić information content (AvgIpc) is 3.07. The van der Waals surface area contributed by atoms with E-state index in [-0.39, 0.29) is 0 Å². The van der Waals surface area contributed by atoms with Crippen LogP contribution in [-0.2, 0) is 0 Å². The molecular weight excluding hydrogens is 320 g/mol. The third-order valence-electron chi connectivity index (χ3n) is 3.83. The number of imidazole rings is 1.